The van der Waals surface area contributed by atoms with Gasteiger partial charge in [0.1, 0.15) is 5.15 Å². The van der Waals surface area contributed by atoms with Crippen molar-refractivity contribution in [3.05, 3.63) is 56.6 Å². The lowest BCUT2D eigenvalue weighted by atomic mass is 9.71. The quantitative estimate of drug-likeness (QED) is 0.386. The number of nitrogens with zero attached hydrogens (tertiary/aromatic N) is 5. The number of likely N-dealkylation sites (tertiary alicyclic amines) is 1. The van der Waals surface area contributed by atoms with E-state index in [1.807, 2.05) is 35.6 Å². The second-order valence-corrected chi connectivity index (χ2v) is 14.3. The number of benzene rings is 1. The smallest absolute Gasteiger partial charge is 0.285 e. The lowest BCUT2D eigenvalue weighted by Crippen LogP contribution is -2.48. The number of rotatable bonds is 6. The van der Waals surface area contributed by atoms with Crippen molar-refractivity contribution in [2.45, 2.75) is 52.5 Å². The van der Waals surface area contributed by atoms with Crippen LogP contribution in [0.1, 0.15) is 67.2 Å². The fourth-order valence-corrected chi connectivity index (χ4v) is 6.96. The van der Waals surface area contributed by atoms with Crippen LogP contribution in [0.25, 0.3) is 10.9 Å². The summed E-state index contributed by atoms with van der Waals surface area (Å²) in [6.45, 7) is 8.50. The van der Waals surface area contributed by atoms with E-state index in [1.165, 1.54) is 6.07 Å². The van der Waals surface area contributed by atoms with Crippen molar-refractivity contribution in [3.8, 4) is 0 Å². The second kappa shape index (κ2) is 12.0. The molecule has 2 aliphatic rings. The third-order valence-corrected chi connectivity index (χ3v) is 9.67. The maximum absolute atomic E-state index is 13.7. The zero-order chi connectivity index (χ0) is 32.0. The molecule has 2 aromatic heterocycles. The van der Waals surface area contributed by atoms with E-state index in [2.05, 4.69) is 15.2 Å². The van der Waals surface area contributed by atoms with E-state index >= 15 is 0 Å². The van der Waals surface area contributed by atoms with E-state index in [1.54, 1.807) is 24.6 Å². The van der Waals surface area contributed by atoms with Gasteiger partial charge in [0.15, 0.2) is 5.69 Å². The molecule has 3 aromatic rings. The Morgan fingerprint density at radius 2 is 1.68 bits per heavy atom. The van der Waals surface area contributed by atoms with Crippen molar-refractivity contribution in [2.75, 3.05) is 42.7 Å². The number of piperidine rings is 2. The van der Waals surface area contributed by atoms with Gasteiger partial charge < -0.3 is 15.1 Å². The molecule has 0 saturated carbocycles. The van der Waals surface area contributed by atoms with Gasteiger partial charge in [-0.2, -0.15) is 0 Å². The predicted octanol–water partition coefficient (Wildman–Crippen LogP) is 3.38. The molecule has 2 fully saturated rings. The molecule has 2 N–H and O–H groups in total. The minimum absolute atomic E-state index is 0.0328. The van der Waals surface area contributed by atoms with Crippen molar-refractivity contribution >= 4 is 56.0 Å². The average Bonchev–Trinajstić information content (AvgIpc) is 2.95. The summed E-state index contributed by atoms with van der Waals surface area (Å²) in [5.41, 5.74) is 2.31. The van der Waals surface area contributed by atoms with Crippen LogP contribution in [0.15, 0.2) is 29.1 Å². The first-order valence-corrected chi connectivity index (χ1v) is 16.9. The van der Waals surface area contributed by atoms with Gasteiger partial charge in [0.2, 0.25) is 21.9 Å². The molecule has 236 valence electrons. The fraction of sp³-hybridized carbons (Fsp3) is 0.500. The number of carbonyl (C=O) groups excluding carboxylic acids is 2. The van der Waals surface area contributed by atoms with Crippen LogP contribution in [-0.4, -0.2) is 72.1 Å². The van der Waals surface area contributed by atoms with Crippen LogP contribution in [0.3, 0.4) is 0 Å². The SMILES string of the molecule is CC(=O)N1CCC2(CC1)CCN(c1nc3c([C@@H](C)Nc4ccc(Cl)nc4C(=O)NS(C)(=O)=O)cc(C)cc3c(=O)n1C)CC2. The molecule has 44 heavy (non-hydrogen) atoms. The van der Waals surface area contributed by atoms with Crippen molar-refractivity contribution < 1.29 is 18.0 Å². The Morgan fingerprint density at radius 3 is 2.30 bits per heavy atom. The van der Waals surface area contributed by atoms with Crippen LogP contribution in [0, 0.1) is 12.3 Å². The average molecular weight is 644 g/mol. The third-order valence-electron chi connectivity index (χ3n) is 8.90. The number of aryl methyl sites for hydroxylation is 1. The lowest BCUT2D eigenvalue weighted by Gasteiger charge is -2.47. The van der Waals surface area contributed by atoms with Crippen LogP contribution >= 0.6 is 11.6 Å². The first-order chi connectivity index (χ1) is 20.7. The van der Waals surface area contributed by atoms with E-state index in [4.69, 9.17) is 16.6 Å². The van der Waals surface area contributed by atoms with Gasteiger partial charge in [-0.15, -0.1) is 0 Å². The van der Waals surface area contributed by atoms with Gasteiger partial charge in [-0.1, -0.05) is 17.7 Å². The number of hydrogen-bond donors (Lipinski definition) is 2. The molecule has 5 rings (SSSR count). The molecule has 0 bridgehead atoms. The summed E-state index contributed by atoms with van der Waals surface area (Å²) < 4.78 is 27.0. The predicted molar refractivity (Wildman–Crippen MR) is 171 cm³/mol. The Balaban J connectivity index is 1.45. The van der Waals surface area contributed by atoms with Crippen molar-refractivity contribution in [1.82, 2.24) is 24.2 Å². The molecule has 0 aliphatic carbocycles. The van der Waals surface area contributed by atoms with Crippen molar-refractivity contribution in [1.29, 1.82) is 0 Å². The Hall–Kier alpha value is -3.71. The van der Waals surface area contributed by atoms with E-state index < -0.39 is 22.0 Å². The summed E-state index contributed by atoms with van der Waals surface area (Å²) in [4.78, 5) is 51.5. The molecule has 1 atom stereocenters. The monoisotopic (exact) mass is 643 g/mol. The summed E-state index contributed by atoms with van der Waals surface area (Å²) in [7, 11) is -2.09. The Labute approximate surface area is 261 Å². The van der Waals surface area contributed by atoms with Crippen molar-refractivity contribution in [2.24, 2.45) is 12.5 Å². The second-order valence-electron chi connectivity index (χ2n) is 12.1. The van der Waals surface area contributed by atoms with Gasteiger partial charge in [-0.25, -0.2) is 23.1 Å². The first-order valence-electron chi connectivity index (χ1n) is 14.6. The number of amides is 2. The van der Waals surface area contributed by atoms with Crippen LogP contribution < -0.4 is 20.5 Å². The number of carbonyl (C=O) groups is 2. The number of fused-ring (bicyclic) bond motifs is 1. The normalized spacial score (nSPS) is 17.5. The summed E-state index contributed by atoms with van der Waals surface area (Å²) in [6.07, 6.45) is 4.79. The molecule has 2 aliphatic heterocycles. The minimum atomic E-state index is -3.83. The number of aromatic nitrogens is 3. The Morgan fingerprint density at radius 1 is 1.05 bits per heavy atom. The number of sulfonamides is 1. The number of halogens is 1. The van der Waals surface area contributed by atoms with Crippen LogP contribution in [-0.2, 0) is 21.9 Å². The highest BCUT2D eigenvalue weighted by molar-refractivity contribution is 7.89. The van der Waals surface area contributed by atoms with Gasteiger partial charge in [0.25, 0.3) is 11.5 Å². The molecule has 1 spiro atoms. The summed E-state index contributed by atoms with van der Waals surface area (Å²) in [5.74, 6) is -0.191. The van der Waals surface area contributed by atoms with Gasteiger partial charge in [-0.3, -0.25) is 19.0 Å². The molecule has 0 radical (unpaired) electrons. The molecule has 1 aromatic carbocycles. The van der Waals surface area contributed by atoms with Gasteiger partial charge in [0.05, 0.1) is 28.9 Å². The Bertz CT molecular complexity index is 1790. The van der Waals surface area contributed by atoms with Crippen LogP contribution in [0.2, 0.25) is 5.15 Å². The van der Waals surface area contributed by atoms with E-state index in [-0.39, 0.29) is 33.4 Å². The summed E-state index contributed by atoms with van der Waals surface area (Å²) in [6, 6.07) is 6.39. The van der Waals surface area contributed by atoms with Gasteiger partial charge in [-0.05, 0) is 68.7 Å². The molecular weight excluding hydrogens is 606 g/mol. The number of pyridine rings is 1. The highest BCUT2D eigenvalue weighted by Crippen LogP contribution is 2.42. The maximum atomic E-state index is 13.7. The number of nitrogens with one attached hydrogen (secondary N) is 2. The van der Waals surface area contributed by atoms with E-state index in [0.29, 0.717) is 16.9 Å². The van der Waals surface area contributed by atoms with Gasteiger partial charge in [0, 0.05) is 45.7 Å². The molecule has 4 heterocycles. The highest BCUT2D eigenvalue weighted by atomic mass is 35.5. The molecule has 0 unspecified atom stereocenters. The Kier molecular flexibility index (Phi) is 8.65. The topological polar surface area (TPSA) is 147 Å². The standard InChI is InChI=1S/C30H38ClN7O5S/c1-18-16-21(19(2)32-23-6-7-24(31)33-26(23)27(40)35-44(5,42)43)25-22(17-18)28(41)36(4)29(34-25)38-14-10-30(11-15-38)8-12-37(13-9-30)20(3)39/h6-7,16-17,19,32H,8-15H2,1-5H3,(H,35,40)/t19-/m1/s1. The zero-order valence-corrected chi connectivity index (χ0v) is 27.2. The first kappa shape index (κ1) is 31.7. The molecule has 12 nitrogen and oxygen atoms in total. The van der Waals surface area contributed by atoms with Gasteiger partial charge >= 0.3 is 0 Å². The van der Waals surface area contributed by atoms with E-state index in [0.717, 1.165) is 69.2 Å². The zero-order valence-electron chi connectivity index (χ0n) is 25.6. The fourth-order valence-electron chi connectivity index (χ4n) is 6.38. The summed E-state index contributed by atoms with van der Waals surface area (Å²) in [5, 5.41) is 3.77. The third kappa shape index (κ3) is 6.53. The lowest BCUT2D eigenvalue weighted by molar-refractivity contribution is -0.131. The van der Waals surface area contributed by atoms with E-state index in [9.17, 15) is 22.8 Å². The molecular formula is C30H38ClN7O5S. The molecule has 14 heteroatoms. The molecule has 2 saturated heterocycles. The number of hydrogen-bond acceptors (Lipinski definition) is 9. The largest absolute Gasteiger partial charge is 0.377 e. The minimum Gasteiger partial charge on any atom is -0.377 e. The highest BCUT2D eigenvalue weighted by Gasteiger charge is 2.39. The maximum Gasteiger partial charge on any atom is 0.285 e. The van der Waals surface area contributed by atoms with Crippen molar-refractivity contribution in [3.63, 3.8) is 0 Å². The molecule has 2 amide bonds. The van der Waals surface area contributed by atoms with Crippen LogP contribution in [0.4, 0.5) is 11.6 Å². The summed E-state index contributed by atoms with van der Waals surface area (Å²) >= 11 is 6.04. The van der Waals surface area contributed by atoms with Crippen LogP contribution in [0.5, 0.6) is 0 Å². The number of anilines is 2.